The third-order valence-electron chi connectivity index (χ3n) is 3.94. The van der Waals surface area contributed by atoms with E-state index in [-0.39, 0.29) is 0 Å². The molecule has 0 aromatic rings. The molecule has 3 unspecified atom stereocenters. The standard InChI is InChI=1S/C12H24N2/c1-3-10(2)7-14-8-11-5-4-6-13-12(11)9-14/h10-13H,3-9H2,1-2H3. The van der Waals surface area contributed by atoms with Gasteiger partial charge in [0.2, 0.25) is 0 Å². The zero-order valence-corrected chi connectivity index (χ0v) is 9.63. The van der Waals surface area contributed by atoms with Crippen LogP contribution in [0.4, 0.5) is 0 Å². The summed E-state index contributed by atoms with van der Waals surface area (Å²) in [4.78, 5) is 2.67. The lowest BCUT2D eigenvalue weighted by Crippen LogP contribution is -2.40. The summed E-state index contributed by atoms with van der Waals surface area (Å²) in [5, 5.41) is 3.66. The Morgan fingerprint density at radius 3 is 3.00 bits per heavy atom. The Labute approximate surface area is 88.1 Å². The third-order valence-corrected chi connectivity index (χ3v) is 3.94. The van der Waals surface area contributed by atoms with Gasteiger partial charge in [-0.1, -0.05) is 20.3 Å². The van der Waals surface area contributed by atoms with Crippen LogP contribution in [-0.4, -0.2) is 37.1 Å². The number of likely N-dealkylation sites (tertiary alicyclic amines) is 1. The fraction of sp³-hybridized carbons (Fsp3) is 1.00. The molecule has 3 atom stereocenters. The topological polar surface area (TPSA) is 15.3 Å². The van der Waals surface area contributed by atoms with Crippen molar-refractivity contribution in [3.8, 4) is 0 Å². The van der Waals surface area contributed by atoms with E-state index in [1.54, 1.807) is 0 Å². The summed E-state index contributed by atoms with van der Waals surface area (Å²) in [6.07, 6.45) is 4.16. The first-order valence-corrected chi connectivity index (χ1v) is 6.25. The largest absolute Gasteiger partial charge is 0.312 e. The minimum atomic E-state index is 0.813. The molecule has 2 fully saturated rings. The van der Waals surface area contributed by atoms with Crippen molar-refractivity contribution in [2.75, 3.05) is 26.2 Å². The van der Waals surface area contributed by atoms with Crippen LogP contribution in [0.2, 0.25) is 0 Å². The number of nitrogens with zero attached hydrogens (tertiary/aromatic N) is 1. The van der Waals surface area contributed by atoms with Crippen molar-refractivity contribution in [3.05, 3.63) is 0 Å². The molecule has 14 heavy (non-hydrogen) atoms. The molecule has 2 heterocycles. The van der Waals surface area contributed by atoms with Crippen LogP contribution in [0.5, 0.6) is 0 Å². The molecule has 2 heteroatoms. The average molecular weight is 196 g/mol. The quantitative estimate of drug-likeness (QED) is 0.739. The Kier molecular flexibility index (Phi) is 3.45. The molecule has 2 aliphatic rings. The highest BCUT2D eigenvalue weighted by Gasteiger charge is 2.34. The third kappa shape index (κ3) is 2.29. The van der Waals surface area contributed by atoms with E-state index in [4.69, 9.17) is 0 Å². The number of nitrogens with one attached hydrogen (secondary N) is 1. The van der Waals surface area contributed by atoms with E-state index in [0.717, 1.165) is 17.9 Å². The Bertz CT molecular complexity index is 167. The highest BCUT2D eigenvalue weighted by Crippen LogP contribution is 2.25. The van der Waals surface area contributed by atoms with Gasteiger partial charge in [0, 0.05) is 25.7 Å². The number of hydrogen-bond acceptors (Lipinski definition) is 2. The fourth-order valence-electron chi connectivity index (χ4n) is 2.86. The Morgan fingerprint density at radius 2 is 2.29 bits per heavy atom. The summed E-state index contributed by atoms with van der Waals surface area (Å²) < 4.78 is 0. The highest BCUT2D eigenvalue weighted by molar-refractivity contribution is 4.91. The van der Waals surface area contributed by atoms with Crippen LogP contribution in [0, 0.1) is 11.8 Å². The van der Waals surface area contributed by atoms with Gasteiger partial charge in [0.15, 0.2) is 0 Å². The molecule has 82 valence electrons. The lowest BCUT2D eigenvalue weighted by Gasteiger charge is -2.24. The van der Waals surface area contributed by atoms with Crippen LogP contribution < -0.4 is 5.32 Å². The monoisotopic (exact) mass is 196 g/mol. The van der Waals surface area contributed by atoms with Gasteiger partial charge in [-0.3, -0.25) is 0 Å². The molecule has 0 aromatic carbocycles. The molecule has 0 spiro atoms. The Morgan fingerprint density at radius 1 is 1.43 bits per heavy atom. The molecule has 2 rings (SSSR count). The van der Waals surface area contributed by atoms with E-state index in [0.29, 0.717) is 0 Å². The van der Waals surface area contributed by atoms with Crippen LogP contribution >= 0.6 is 0 Å². The van der Waals surface area contributed by atoms with Gasteiger partial charge in [0.25, 0.3) is 0 Å². The second kappa shape index (κ2) is 4.63. The Hall–Kier alpha value is -0.0800. The molecular formula is C12H24N2. The van der Waals surface area contributed by atoms with Gasteiger partial charge in [-0.2, -0.15) is 0 Å². The molecule has 0 aromatic heterocycles. The van der Waals surface area contributed by atoms with E-state index in [9.17, 15) is 0 Å². The molecule has 0 bridgehead atoms. The van der Waals surface area contributed by atoms with Crippen molar-refractivity contribution in [1.29, 1.82) is 0 Å². The number of fused-ring (bicyclic) bond motifs is 1. The first kappa shape index (κ1) is 10.4. The fourth-order valence-corrected chi connectivity index (χ4v) is 2.86. The van der Waals surface area contributed by atoms with Gasteiger partial charge in [0.1, 0.15) is 0 Å². The number of rotatable bonds is 3. The molecule has 2 aliphatic heterocycles. The summed E-state index contributed by atoms with van der Waals surface area (Å²) >= 11 is 0. The summed E-state index contributed by atoms with van der Waals surface area (Å²) in [5.74, 6) is 1.82. The van der Waals surface area contributed by atoms with Crippen molar-refractivity contribution in [1.82, 2.24) is 10.2 Å². The number of hydrogen-bond donors (Lipinski definition) is 1. The summed E-state index contributed by atoms with van der Waals surface area (Å²) in [6.45, 7) is 9.88. The normalized spacial score (nSPS) is 35.6. The SMILES string of the molecule is CCC(C)CN1CC2CCCNC2C1. The first-order valence-electron chi connectivity index (χ1n) is 6.25. The molecular weight excluding hydrogens is 172 g/mol. The molecule has 0 saturated carbocycles. The summed E-state index contributed by atoms with van der Waals surface area (Å²) in [5.41, 5.74) is 0. The van der Waals surface area contributed by atoms with Crippen molar-refractivity contribution >= 4 is 0 Å². The van der Waals surface area contributed by atoms with E-state index in [1.807, 2.05) is 0 Å². The van der Waals surface area contributed by atoms with Crippen molar-refractivity contribution in [3.63, 3.8) is 0 Å². The van der Waals surface area contributed by atoms with Crippen LogP contribution in [0.15, 0.2) is 0 Å². The molecule has 2 nitrogen and oxygen atoms in total. The van der Waals surface area contributed by atoms with Gasteiger partial charge < -0.3 is 10.2 Å². The van der Waals surface area contributed by atoms with E-state index in [2.05, 4.69) is 24.1 Å². The molecule has 0 aliphatic carbocycles. The van der Waals surface area contributed by atoms with Gasteiger partial charge in [-0.05, 0) is 31.2 Å². The van der Waals surface area contributed by atoms with Crippen molar-refractivity contribution < 1.29 is 0 Å². The molecule has 1 N–H and O–H groups in total. The molecule has 0 amide bonds. The van der Waals surface area contributed by atoms with Gasteiger partial charge in [-0.25, -0.2) is 0 Å². The summed E-state index contributed by atoms with van der Waals surface area (Å²) in [7, 11) is 0. The van der Waals surface area contributed by atoms with Gasteiger partial charge in [0.05, 0.1) is 0 Å². The first-order chi connectivity index (χ1) is 6.79. The zero-order valence-electron chi connectivity index (χ0n) is 9.63. The second-order valence-electron chi connectivity index (χ2n) is 5.19. The Balaban J connectivity index is 1.80. The highest BCUT2D eigenvalue weighted by atomic mass is 15.2. The molecule has 0 radical (unpaired) electrons. The predicted molar refractivity (Wildman–Crippen MR) is 60.4 cm³/mol. The lowest BCUT2D eigenvalue weighted by atomic mass is 9.94. The predicted octanol–water partition coefficient (Wildman–Crippen LogP) is 1.72. The molecule has 2 saturated heterocycles. The zero-order chi connectivity index (χ0) is 9.97. The minimum Gasteiger partial charge on any atom is -0.312 e. The van der Waals surface area contributed by atoms with Crippen LogP contribution in [-0.2, 0) is 0 Å². The second-order valence-corrected chi connectivity index (χ2v) is 5.19. The van der Waals surface area contributed by atoms with E-state index < -0.39 is 0 Å². The van der Waals surface area contributed by atoms with Gasteiger partial charge in [-0.15, -0.1) is 0 Å². The minimum absolute atomic E-state index is 0.813. The average Bonchev–Trinajstić information content (AvgIpc) is 2.59. The van der Waals surface area contributed by atoms with Gasteiger partial charge >= 0.3 is 0 Å². The van der Waals surface area contributed by atoms with Crippen molar-refractivity contribution in [2.45, 2.75) is 39.2 Å². The van der Waals surface area contributed by atoms with Crippen molar-refractivity contribution in [2.24, 2.45) is 11.8 Å². The van der Waals surface area contributed by atoms with E-state index in [1.165, 1.54) is 45.4 Å². The van der Waals surface area contributed by atoms with Crippen LogP contribution in [0.3, 0.4) is 0 Å². The van der Waals surface area contributed by atoms with E-state index >= 15 is 0 Å². The smallest absolute Gasteiger partial charge is 0.0235 e. The van der Waals surface area contributed by atoms with Crippen LogP contribution in [0.25, 0.3) is 0 Å². The maximum Gasteiger partial charge on any atom is 0.0235 e. The maximum absolute atomic E-state index is 3.66. The lowest BCUT2D eigenvalue weighted by molar-refractivity contribution is 0.272. The maximum atomic E-state index is 3.66. The summed E-state index contributed by atoms with van der Waals surface area (Å²) in [6, 6.07) is 0.813. The van der Waals surface area contributed by atoms with Crippen LogP contribution in [0.1, 0.15) is 33.1 Å². The number of piperidine rings is 1.